The fourth-order valence-corrected chi connectivity index (χ4v) is 2.20. The molecule has 2 N–H and O–H groups in total. The Morgan fingerprint density at radius 1 is 1.35 bits per heavy atom. The van der Waals surface area contributed by atoms with Crippen LogP contribution in [0.3, 0.4) is 0 Å². The maximum atomic E-state index is 9.36. The zero-order chi connectivity index (χ0) is 11.9. The topological polar surface area (TPSA) is 41.5 Å². The molecule has 0 aliphatic carbocycles. The van der Waals surface area contributed by atoms with E-state index in [1.807, 2.05) is 18.2 Å². The molecule has 3 heteroatoms. The van der Waals surface area contributed by atoms with E-state index in [0.29, 0.717) is 6.10 Å². The molecule has 2 rings (SSSR count). The van der Waals surface area contributed by atoms with Gasteiger partial charge in [-0.15, -0.1) is 0 Å². The molecule has 1 aliphatic rings. The normalized spacial score (nSPS) is 21.6. The van der Waals surface area contributed by atoms with Gasteiger partial charge in [-0.2, -0.15) is 0 Å². The van der Waals surface area contributed by atoms with E-state index in [1.54, 1.807) is 0 Å². The van der Waals surface area contributed by atoms with Crippen molar-refractivity contribution in [2.75, 3.05) is 19.8 Å². The van der Waals surface area contributed by atoms with Gasteiger partial charge in [-0.25, -0.2) is 0 Å². The Labute approximate surface area is 103 Å². The number of benzene rings is 1. The van der Waals surface area contributed by atoms with Crippen molar-refractivity contribution in [2.45, 2.75) is 31.4 Å². The minimum atomic E-state index is 0.126. The van der Waals surface area contributed by atoms with Crippen molar-refractivity contribution in [3.63, 3.8) is 0 Å². The molecule has 0 radical (unpaired) electrons. The lowest BCUT2D eigenvalue weighted by molar-refractivity contribution is 0.104. The van der Waals surface area contributed by atoms with Crippen LogP contribution in [0, 0.1) is 0 Å². The van der Waals surface area contributed by atoms with Crippen molar-refractivity contribution in [2.24, 2.45) is 0 Å². The maximum absolute atomic E-state index is 9.36. The van der Waals surface area contributed by atoms with Gasteiger partial charge in [-0.1, -0.05) is 30.3 Å². The highest BCUT2D eigenvalue weighted by molar-refractivity contribution is 5.15. The van der Waals surface area contributed by atoms with E-state index in [0.717, 1.165) is 32.4 Å². The van der Waals surface area contributed by atoms with Crippen LogP contribution < -0.4 is 5.32 Å². The quantitative estimate of drug-likeness (QED) is 0.782. The lowest BCUT2D eigenvalue weighted by Gasteiger charge is -2.18. The number of rotatable bonds is 6. The molecule has 1 heterocycles. The number of hydrogen-bond acceptors (Lipinski definition) is 3. The second kappa shape index (κ2) is 6.74. The zero-order valence-electron chi connectivity index (χ0n) is 10.1. The van der Waals surface area contributed by atoms with Gasteiger partial charge in [-0.05, 0) is 24.8 Å². The van der Waals surface area contributed by atoms with Crippen LogP contribution in [0.2, 0.25) is 0 Å². The standard InChI is InChI=1S/C14H21NO2/c16-11-13(9-12-5-2-1-3-6-12)15-10-14-7-4-8-17-14/h1-3,5-6,13-16H,4,7-11H2. The second-order valence-electron chi connectivity index (χ2n) is 4.61. The predicted octanol–water partition coefficient (Wildman–Crippen LogP) is 1.36. The van der Waals surface area contributed by atoms with Gasteiger partial charge in [0, 0.05) is 19.2 Å². The van der Waals surface area contributed by atoms with Crippen LogP contribution in [0.5, 0.6) is 0 Å². The molecule has 2 atom stereocenters. The van der Waals surface area contributed by atoms with Gasteiger partial charge >= 0.3 is 0 Å². The first-order valence-corrected chi connectivity index (χ1v) is 6.38. The van der Waals surface area contributed by atoms with Crippen molar-refractivity contribution < 1.29 is 9.84 Å². The molecule has 0 spiro atoms. The van der Waals surface area contributed by atoms with Crippen LogP contribution in [-0.4, -0.2) is 37.0 Å². The first-order valence-electron chi connectivity index (χ1n) is 6.38. The van der Waals surface area contributed by atoms with Crippen LogP contribution in [0.1, 0.15) is 18.4 Å². The third kappa shape index (κ3) is 4.11. The van der Waals surface area contributed by atoms with E-state index >= 15 is 0 Å². The highest BCUT2D eigenvalue weighted by atomic mass is 16.5. The van der Waals surface area contributed by atoms with Gasteiger partial charge in [0.05, 0.1) is 12.7 Å². The summed E-state index contributed by atoms with van der Waals surface area (Å²) in [7, 11) is 0. The van der Waals surface area contributed by atoms with Crippen LogP contribution >= 0.6 is 0 Å². The minimum Gasteiger partial charge on any atom is -0.395 e. The molecule has 1 aliphatic heterocycles. The predicted molar refractivity (Wildman–Crippen MR) is 68.0 cm³/mol. The summed E-state index contributed by atoms with van der Waals surface area (Å²) in [4.78, 5) is 0. The van der Waals surface area contributed by atoms with E-state index in [1.165, 1.54) is 5.56 Å². The Morgan fingerprint density at radius 3 is 2.82 bits per heavy atom. The number of aliphatic hydroxyl groups is 1. The molecular formula is C14H21NO2. The van der Waals surface area contributed by atoms with Gasteiger partial charge in [0.2, 0.25) is 0 Å². The van der Waals surface area contributed by atoms with Gasteiger partial charge in [0.1, 0.15) is 0 Å². The smallest absolute Gasteiger partial charge is 0.0700 e. The number of aliphatic hydroxyl groups excluding tert-OH is 1. The molecule has 0 aromatic heterocycles. The first kappa shape index (κ1) is 12.6. The van der Waals surface area contributed by atoms with Crippen molar-refractivity contribution in [1.82, 2.24) is 5.32 Å². The largest absolute Gasteiger partial charge is 0.395 e. The molecule has 94 valence electrons. The molecular weight excluding hydrogens is 214 g/mol. The van der Waals surface area contributed by atoms with Crippen LogP contribution in [0.4, 0.5) is 0 Å². The average Bonchev–Trinajstić information content (AvgIpc) is 2.89. The Balaban J connectivity index is 1.76. The Hall–Kier alpha value is -0.900. The number of nitrogens with one attached hydrogen (secondary N) is 1. The van der Waals surface area contributed by atoms with Crippen molar-refractivity contribution in [1.29, 1.82) is 0 Å². The summed E-state index contributed by atoms with van der Waals surface area (Å²) in [6.07, 6.45) is 3.50. The van der Waals surface area contributed by atoms with Crippen molar-refractivity contribution in [3.05, 3.63) is 35.9 Å². The molecule has 0 saturated carbocycles. The molecule has 0 amide bonds. The maximum Gasteiger partial charge on any atom is 0.0700 e. The molecule has 1 aromatic carbocycles. The first-order chi connectivity index (χ1) is 8.38. The highest BCUT2D eigenvalue weighted by Gasteiger charge is 2.17. The summed E-state index contributed by atoms with van der Waals surface area (Å²) in [6, 6.07) is 10.4. The van der Waals surface area contributed by atoms with Gasteiger partial charge in [0.15, 0.2) is 0 Å². The van der Waals surface area contributed by atoms with Crippen LogP contribution in [-0.2, 0) is 11.2 Å². The van der Waals surface area contributed by atoms with Crippen molar-refractivity contribution >= 4 is 0 Å². The lowest BCUT2D eigenvalue weighted by Crippen LogP contribution is -2.39. The summed E-state index contributed by atoms with van der Waals surface area (Å²) in [5, 5.41) is 12.7. The van der Waals surface area contributed by atoms with E-state index < -0.39 is 0 Å². The Morgan fingerprint density at radius 2 is 2.18 bits per heavy atom. The lowest BCUT2D eigenvalue weighted by atomic mass is 10.1. The summed E-state index contributed by atoms with van der Waals surface area (Å²) in [6.45, 7) is 1.90. The molecule has 1 fully saturated rings. The fourth-order valence-electron chi connectivity index (χ4n) is 2.20. The average molecular weight is 235 g/mol. The fraction of sp³-hybridized carbons (Fsp3) is 0.571. The zero-order valence-corrected chi connectivity index (χ0v) is 10.1. The highest BCUT2D eigenvalue weighted by Crippen LogP contribution is 2.11. The van der Waals surface area contributed by atoms with Gasteiger partial charge < -0.3 is 15.2 Å². The molecule has 1 aromatic rings. The van der Waals surface area contributed by atoms with E-state index in [9.17, 15) is 5.11 Å². The van der Waals surface area contributed by atoms with Crippen LogP contribution in [0.25, 0.3) is 0 Å². The molecule has 2 unspecified atom stereocenters. The summed E-state index contributed by atoms with van der Waals surface area (Å²) in [5.41, 5.74) is 1.26. The minimum absolute atomic E-state index is 0.126. The van der Waals surface area contributed by atoms with E-state index in [2.05, 4.69) is 17.4 Å². The van der Waals surface area contributed by atoms with Crippen LogP contribution in [0.15, 0.2) is 30.3 Å². The SMILES string of the molecule is OCC(Cc1ccccc1)NCC1CCCO1. The van der Waals surface area contributed by atoms with Gasteiger partial charge in [0.25, 0.3) is 0 Å². The third-order valence-electron chi connectivity index (χ3n) is 3.20. The monoisotopic (exact) mass is 235 g/mol. The number of ether oxygens (including phenoxy) is 1. The van der Waals surface area contributed by atoms with Gasteiger partial charge in [-0.3, -0.25) is 0 Å². The summed E-state index contributed by atoms with van der Waals surface area (Å²) < 4.78 is 5.55. The Kier molecular flexibility index (Phi) is 4.98. The summed E-state index contributed by atoms with van der Waals surface area (Å²) >= 11 is 0. The summed E-state index contributed by atoms with van der Waals surface area (Å²) in [5.74, 6) is 0. The molecule has 17 heavy (non-hydrogen) atoms. The second-order valence-corrected chi connectivity index (χ2v) is 4.61. The van der Waals surface area contributed by atoms with E-state index in [-0.39, 0.29) is 12.6 Å². The molecule has 0 bridgehead atoms. The number of hydrogen-bond donors (Lipinski definition) is 2. The molecule has 1 saturated heterocycles. The molecule has 3 nitrogen and oxygen atoms in total. The third-order valence-corrected chi connectivity index (χ3v) is 3.20. The van der Waals surface area contributed by atoms with Crippen molar-refractivity contribution in [3.8, 4) is 0 Å². The van der Waals surface area contributed by atoms with E-state index in [4.69, 9.17) is 4.74 Å². The Bertz CT molecular complexity index is 309.